The lowest BCUT2D eigenvalue weighted by Crippen LogP contribution is -2.41. The first kappa shape index (κ1) is 16.0. The molecule has 0 aromatic heterocycles. The van der Waals surface area contributed by atoms with E-state index in [1.165, 1.54) is 0 Å². The third-order valence-corrected chi connectivity index (χ3v) is 3.54. The van der Waals surface area contributed by atoms with Crippen LogP contribution >= 0.6 is 0 Å². The van der Waals surface area contributed by atoms with Crippen molar-refractivity contribution < 1.29 is 14.3 Å². The van der Waals surface area contributed by atoms with Gasteiger partial charge >= 0.3 is 0 Å². The van der Waals surface area contributed by atoms with Crippen LogP contribution in [-0.4, -0.2) is 42.0 Å². The second kappa shape index (κ2) is 7.48. The Morgan fingerprint density at radius 2 is 1.84 bits per heavy atom. The predicted molar refractivity (Wildman–Crippen MR) is 73.4 cm³/mol. The van der Waals surface area contributed by atoms with Crippen LogP contribution < -0.4 is 5.73 Å². The van der Waals surface area contributed by atoms with Crippen molar-refractivity contribution in [3.63, 3.8) is 0 Å². The Labute approximate surface area is 115 Å². The molecule has 0 saturated carbocycles. The maximum absolute atomic E-state index is 12.0. The van der Waals surface area contributed by atoms with Crippen molar-refractivity contribution in [1.29, 1.82) is 0 Å². The number of likely N-dealkylation sites (tertiary alicyclic amines) is 1. The summed E-state index contributed by atoms with van der Waals surface area (Å²) in [4.78, 5) is 24.8. The topological polar surface area (TPSA) is 72.6 Å². The molecule has 19 heavy (non-hydrogen) atoms. The highest BCUT2D eigenvalue weighted by Crippen LogP contribution is 2.17. The van der Waals surface area contributed by atoms with Crippen LogP contribution in [0.3, 0.4) is 0 Å². The number of hydrogen-bond donors (Lipinski definition) is 1. The fraction of sp³-hybridized carbons (Fsp3) is 0.857. The fourth-order valence-corrected chi connectivity index (χ4v) is 2.27. The maximum atomic E-state index is 12.0. The summed E-state index contributed by atoms with van der Waals surface area (Å²) in [6, 6.07) is 0. The zero-order chi connectivity index (χ0) is 14.4. The van der Waals surface area contributed by atoms with Crippen LogP contribution in [0.4, 0.5) is 0 Å². The first-order valence-electron chi connectivity index (χ1n) is 7.12. The Kier molecular flexibility index (Phi) is 6.28. The van der Waals surface area contributed by atoms with Gasteiger partial charge in [0, 0.05) is 25.4 Å². The van der Waals surface area contributed by atoms with Gasteiger partial charge in [0.2, 0.25) is 11.8 Å². The third kappa shape index (κ3) is 5.59. The molecule has 1 atom stereocenters. The molecule has 0 unspecified atom stereocenters. The van der Waals surface area contributed by atoms with E-state index in [2.05, 4.69) is 0 Å². The number of amides is 2. The van der Waals surface area contributed by atoms with Crippen LogP contribution in [0.1, 0.15) is 46.5 Å². The van der Waals surface area contributed by atoms with E-state index < -0.39 is 0 Å². The highest BCUT2D eigenvalue weighted by molar-refractivity contribution is 5.79. The second-order valence-electron chi connectivity index (χ2n) is 5.61. The van der Waals surface area contributed by atoms with E-state index in [1.807, 2.05) is 18.7 Å². The Hall–Kier alpha value is -1.10. The molecule has 1 aliphatic rings. The lowest BCUT2D eigenvalue weighted by atomic mass is 10.0. The maximum Gasteiger partial charge on any atom is 0.222 e. The van der Waals surface area contributed by atoms with E-state index >= 15 is 0 Å². The molecule has 0 spiro atoms. The molecule has 1 heterocycles. The average molecular weight is 270 g/mol. The monoisotopic (exact) mass is 270 g/mol. The van der Waals surface area contributed by atoms with Gasteiger partial charge in [-0.1, -0.05) is 6.92 Å². The van der Waals surface area contributed by atoms with Crippen molar-refractivity contribution in [1.82, 2.24) is 4.90 Å². The number of carbonyl (C=O) groups is 2. The van der Waals surface area contributed by atoms with E-state index in [0.29, 0.717) is 12.8 Å². The zero-order valence-electron chi connectivity index (χ0n) is 12.2. The van der Waals surface area contributed by atoms with Crippen LogP contribution in [0.5, 0.6) is 0 Å². The van der Waals surface area contributed by atoms with Crippen molar-refractivity contribution in [2.75, 3.05) is 13.1 Å². The lowest BCUT2D eigenvalue weighted by molar-refractivity contribution is -0.134. The Bertz CT molecular complexity index is 310. The van der Waals surface area contributed by atoms with E-state index in [-0.39, 0.29) is 29.9 Å². The first-order valence-corrected chi connectivity index (χ1v) is 7.12. The quantitative estimate of drug-likeness (QED) is 0.790. The fourth-order valence-electron chi connectivity index (χ4n) is 2.27. The van der Waals surface area contributed by atoms with E-state index in [1.54, 1.807) is 6.92 Å². The van der Waals surface area contributed by atoms with E-state index in [4.69, 9.17) is 10.5 Å². The number of ether oxygens (including phenoxy) is 1. The molecule has 0 radical (unpaired) electrons. The van der Waals surface area contributed by atoms with Gasteiger partial charge in [0.1, 0.15) is 0 Å². The molecule has 5 nitrogen and oxygen atoms in total. The second-order valence-corrected chi connectivity index (χ2v) is 5.61. The number of nitrogens with zero attached hydrogens (tertiary/aromatic N) is 1. The molecular weight excluding hydrogens is 244 g/mol. The van der Waals surface area contributed by atoms with Crippen molar-refractivity contribution in [3.8, 4) is 0 Å². The van der Waals surface area contributed by atoms with Gasteiger partial charge < -0.3 is 15.4 Å². The number of hydrogen-bond acceptors (Lipinski definition) is 3. The van der Waals surface area contributed by atoms with E-state index in [9.17, 15) is 9.59 Å². The standard InChI is InChI=1S/C14H26N2O3/c1-10(2)19-12-6-8-16(9-7-12)13(17)5-4-11(3)14(15)18/h10-12H,4-9H2,1-3H3,(H2,15,18)/t11-/m0/s1. The van der Waals surface area contributed by atoms with Crippen LogP contribution in [0.15, 0.2) is 0 Å². The van der Waals surface area contributed by atoms with Gasteiger partial charge in [0.25, 0.3) is 0 Å². The summed E-state index contributed by atoms with van der Waals surface area (Å²) in [5, 5.41) is 0. The van der Waals surface area contributed by atoms with Crippen LogP contribution in [-0.2, 0) is 14.3 Å². The van der Waals surface area contributed by atoms with Gasteiger partial charge in [-0.25, -0.2) is 0 Å². The minimum absolute atomic E-state index is 0.121. The summed E-state index contributed by atoms with van der Waals surface area (Å²) in [7, 11) is 0. The molecule has 5 heteroatoms. The van der Waals surface area contributed by atoms with Crippen molar-refractivity contribution in [2.24, 2.45) is 11.7 Å². The molecule has 1 aliphatic heterocycles. The summed E-state index contributed by atoms with van der Waals surface area (Å²) < 4.78 is 5.75. The van der Waals surface area contributed by atoms with Gasteiger partial charge in [0.05, 0.1) is 12.2 Å². The molecule has 1 saturated heterocycles. The number of carbonyl (C=O) groups excluding carboxylic acids is 2. The summed E-state index contributed by atoms with van der Waals surface area (Å²) in [5.41, 5.74) is 5.18. The highest BCUT2D eigenvalue weighted by Gasteiger charge is 2.24. The normalized spacial score (nSPS) is 18.6. The first-order chi connectivity index (χ1) is 8.90. The number of rotatable bonds is 6. The van der Waals surface area contributed by atoms with Gasteiger partial charge in [-0.3, -0.25) is 9.59 Å². The van der Waals surface area contributed by atoms with E-state index in [0.717, 1.165) is 25.9 Å². The lowest BCUT2D eigenvalue weighted by Gasteiger charge is -2.33. The Morgan fingerprint density at radius 1 is 1.26 bits per heavy atom. The van der Waals surface area contributed by atoms with Gasteiger partial charge in [-0.2, -0.15) is 0 Å². The largest absolute Gasteiger partial charge is 0.375 e. The molecule has 110 valence electrons. The molecule has 0 aromatic rings. The molecule has 1 fully saturated rings. The summed E-state index contributed by atoms with van der Waals surface area (Å²) in [6.07, 6.45) is 3.25. The van der Waals surface area contributed by atoms with Crippen molar-refractivity contribution in [3.05, 3.63) is 0 Å². The smallest absolute Gasteiger partial charge is 0.222 e. The third-order valence-electron chi connectivity index (χ3n) is 3.54. The van der Waals surface area contributed by atoms with Crippen molar-refractivity contribution >= 4 is 11.8 Å². The molecule has 0 aliphatic carbocycles. The molecule has 0 aromatic carbocycles. The number of nitrogens with two attached hydrogens (primary N) is 1. The SMILES string of the molecule is CC(C)OC1CCN(C(=O)CC[C@H](C)C(N)=O)CC1. The highest BCUT2D eigenvalue weighted by atomic mass is 16.5. The van der Waals surface area contributed by atoms with Crippen LogP contribution in [0.25, 0.3) is 0 Å². The minimum Gasteiger partial charge on any atom is -0.375 e. The molecular formula is C14H26N2O3. The Morgan fingerprint density at radius 3 is 2.32 bits per heavy atom. The zero-order valence-corrected chi connectivity index (χ0v) is 12.2. The molecule has 0 bridgehead atoms. The number of primary amides is 1. The summed E-state index contributed by atoms with van der Waals surface area (Å²) >= 11 is 0. The van der Waals surface area contributed by atoms with Gasteiger partial charge in [-0.05, 0) is 33.1 Å². The summed E-state index contributed by atoms with van der Waals surface area (Å²) in [6.45, 7) is 7.33. The predicted octanol–water partition coefficient (Wildman–Crippen LogP) is 1.30. The number of piperidine rings is 1. The van der Waals surface area contributed by atoms with Gasteiger partial charge in [-0.15, -0.1) is 0 Å². The average Bonchev–Trinajstić information content (AvgIpc) is 2.35. The Balaban J connectivity index is 2.27. The van der Waals surface area contributed by atoms with Crippen molar-refractivity contribution in [2.45, 2.75) is 58.7 Å². The molecule has 2 N–H and O–H groups in total. The molecule has 1 rings (SSSR count). The summed E-state index contributed by atoms with van der Waals surface area (Å²) in [5.74, 6) is -0.446. The molecule has 2 amide bonds. The van der Waals surface area contributed by atoms with Crippen LogP contribution in [0, 0.1) is 5.92 Å². The van der Waals surface area contributed by atoms with Gasteiger partial charge in [0.15, 0.2) is 0 Å². The van der Waals surface area contributed by atoms with Crippen LogP contribution in [0.2, 0.25) is 0 Å². The minimum atomic E-state index is -0.336.